The molecule has 0 fully saturated rings. The van der Waals surface area contributed by atoms with E-state index in [0.717, 1.165) is 5.56 Å². The summed E-state index contributed by atoms with van der Waals surface area (Å²) in [4.78, 5) is 0. The monoisotopic (exact) mass is 192 g/mol. The number of aliphatic hydroxyl groups excluding tert-OH is 2. The lowest BCUT2D eigenvalue weighted by Gasteiger charge is -2.20. The van der Waals surface area contributed by atoms with E-state index < -0.39 is 6.10 Å². The van der Waals surface area contributed by atoms with Crippen molar-refractivity contribution in [1.29, 1.82) is 0 Å². The third-order valence-electron chi connectivity index (χ3n) is 2.30. The van der Waals surface area contributed by atoms with Gasteiger partial charge in [-0.05, 0) is 12.0 Å². The van der Waals surface area contributed by atoms with Crippen LogP contribution in [0, 0.1) is 0 Å². The van der Waals surface area contributed by atoms with Crippen molar-refractivity contribution in [2.45, 2.75) is 18.4 Å². The van der Waals surface area contributed by atoms with Gasteiger partial charge in [-0.25, -0.2) is 0 Å². The van der Waals surface area contributed by atoms with E-state index in [1.807, 2.05) is 30.3 Å². The second-order valence-electron chi connectivity index (χ2n) is 3.29. The first kappa shape index (κ1) is 11.0. The Kier molecular flexibility index (Phi) is 4.36. The minimum atomic E-state index is -0.713. The summed E-state index contributed by atoms with van der Waals surface area (Å²) in [6.07, 6.45) is 1.72. The molecule has 1 aromatic carbocycles. The summed E-state index contributed by atoms with van der Waals surface area (Å²) in [7, 11) is 0. The van der Waals surface area contributed by atoms with Crippen LogP contribution in [0.4, 0.5) is 0 Å². The molecule has 2 N–H and O–H groups in total. The molecule has 0 spiro atoms. The van der Waals surface area contributed by atoms with Crippen LogP contribution in [0.5, 0.6) is 0 Å². The zero-order chi connectivity index (χ0) is 10.4. The fourth-order valence-electron chi connectivity index (χ4n) is 1.52. The summed E-state index contributed by atoms with van der Waals surface area (Å²) in [6.45, 7) is 3.44. The number of aliphatic hydroxyl groups is 2. The Morgan fingerprint density at radius 2 is 1.93 bits per heavy atom. The van der Waals surface area contributed by atoms with Gasteiger partial charge in [0, 0.05) is 5.92 Å². The first-order valence-corrected chi connectivity index (χ1v) is 4.74. The van der Waals surface area contributed by atoms with E-state index >= 15 is 0 Å². The number of hydrogen-bond acceptors (Lipinski definition) is 2. The van der Waals surface area contributed by atoms with Gasteiger partial charge in [0.25, 0.3) is 0 Å². The first-order chi connectivity index (χ1) is 6.79. The quantitative estimate of drug-likeness (QED) is 0.697. The van der Waals surface area contributed by atoms with Crippen molar-refractivity contribution in [2.24, 2.45) is 0 Å². The molecule has 1 aromatic rings. The molecule has 0 aliphatic rings. The van der Waals surface area contributed by atoms with Crippen molar-refractivity contribution in [2.75, 3.05) is 6.61 Å². The van der Waals surface area contributed by atoms with Crippen molar-refractivity contribution < 1.29 is 10.2 Å². The molecule has 0 radical (unpaired) electrons. The fraction of sp³-hybridized carbons (Fsp3) is 0.333. The van der Waals surface area contributed by atoms with Gasteiger partial charge in [0.1, 0.15) is 0 Å². The molecule has 0 amide bonds. The number of hydrogen-bond donors (Lipinski definition) is 2. The van der Waals surface area contributed by atoms with Crippen LogP contribution < -0.4 is 0 Å². The molecular formula is C12H16O2. The van der Waals surface area contributed by atoms with E-state index in [0.29, 0.717) is 6.42 Å². The van der Waals surface area contributed by atoms with Gasteiger partial charge in [-0.15, -0.1) is 6.58 Å². The zero-order valence-corrected chi connectivity index (χ0v) is 8.13. The van der Waals surface area contributed by atoms with Gasteiger partial charge in [0.2, 0.25) is 0 Å². The highest BCUT2D eigenvalue weighted by molar-refractivity contribution is 5.21. The minimum Gasteiger partial charge on any atom is -0.394 e. The SMILES string of the molecule is C=CC[C@@H](c1ccccc1)[C@H](O)CO. The molecule has 14 heavy (non-hydrogen) atoms. The second-order valence-corrected chi connectivity index (χ2v) is 3.29. The molecule has 0 heterocycles. The summed E-state index contributed by atoms with van der Waals surface area (Å²) in [5.74, 6) is -0.0568. The summed E-state index contributed by atoms with van der Waals surface area (Å²) in [5, 5.41) is 18.5. The molecule has 0 aromatic heterocycles. The molecule has 2 heteroatoms. The summed E-state index contributed by atoms with van der Waals surface area (Å²) in [6, 6.07) is 9.69. The second kappa shape index (κ2) is 5.58. The molecule has 1 rings (SSSR count). The molecule has 0 saturated heterocycles. The Bertz CT molecular complexity index is 269. The Labute approximate surface area is 84.5 Å². The lowest BCUT2D eigenvalue weighted by Crippen LogP contribution is -2.21. The van der Waals surface area contributed by atoms with Gasteiger partial charge in [0.15, 0.2) is 0 Å². The molecule has 0 unspecified atom stereocenters. The van der Waals surface area contributed by atoms with Crippen LogP contribution in [-0.4, -0.2) is 22.9 Å². The summed E-state index contributed by atoms with van der Waals surface area (Å²) in [5.41, 5.74) is 1.04. The first-order valence-electron chi connectivity index (χ1n) is 4.74. The van der Waals surface area contributed by atoms with Crippen LogP contribution >= 0.6 is 0 Å². The highest BCUT2D eigenvalue weighted by Gasteiger charge is 2.18. The maximum Gasteiger partial charge on any atom is 0.0842 e. The van der Waals surface area contributed by atoms with Gasteiger partial charge in [-0.1, -0.05) is 36.4 Å². The van der Waals surface area contributed by atoms with Gasteiger partial charge in [0.05, 0.1) is 12.7 Å². The third-order valence-corrected chi connectivity index (χ3v) is 2.30. The van der Waals surface area contributed by atoms with Crippen molar-refractivity contribution in [3.63, 3.8) is 0 Å². The summed E-state index contributed by atoms with van der Waals surface area (Å²) >= 11 is 0. The predicted molar refractivity (Wildman–Crippen MR) is 57.1 cm³/mol. The Morgan fingerprint density at radius 3 is 2.43 bits per heavy atom. The van der Waals surface area contributed by atoms with E-state index in [4.69, 9.17) is 5.11 Å². The smallest absolute Gasteiger partial charge is 0.0842 e. The maximum atomic E-state index is 9.60. The van der Waals surface area contributed by atoms with Crippen LogP contribution in [0.15, 0.2) is 43.0 Å². The van der Waals surface area contributed by atoms with Crippen molar-refractivity contribution in [3.05, 3.63) is 48.6 Å². The number of benzene rings is 1. The lowest BCUT2D eigenvalue weighted by molar-refractivity contribution is 0.0731. The zero-order valence-electron chi connectivity index (χ0n) is 8.13. The normalized spacial score (nSPS) is 14.7. The molecule has 0 aliphatic heterocycles. The number of rotatable bonds is 5. The molecule has 0 bridgehead atoms. The third kappa shape index (κ3) is 2.69. The fourth-order valence-corrected chi connectivity index (χ4v) is 1.52. The standard InChI is InChI=1S/C12H16O2/c1-2-6-11(12(14)9-13)10-7-4-3-5-8-10/h2-5,7-8,11-14H,1,6,9H2/t11-,12+/m0/s1. The average molecular weight is 192 g/mol. The largest absolute Gasteiger partial charge is 0.394 e. The Hall–Kier alpha value is -1.12. The molecule has 2 nitrogen and oxygen atoms in total. The van der Waals surface area contributed by atoms with Gasteiger partial charge in [-0.2, -0.15) is 0 Å². The van der Waals surface area contributed by atoms with E-state index in [-0.39, 0.29) is 12.5 Å². The molecule has 2 atom stereocenters. The minimum absolute atomic E-state index is 0.0568. The number of allylic oxidation sites excluding steroid dienone is 1. The Morgan fingerprint density at radius 1 is 1.29 bits per heavy atom. The Balaban J connectivity index is 2.82. The lowest BCUT2D eigenvalue weighted by atomic mass is 9.91. The van der Waals surface area contributed by atoms with Crippen LogP contribution in [0.25, 0.3) is 0 Å². The molecular weight excluding hydrogens is 176 g/mol. The molecule has 76 valence electrons. The van der Waals surface area contributed by atoms with Crippen LogP contribution in [-0.2, 0) is 0 Å². The predicted octanol–water partition coefficient (Wildman–Crippen LogP) is 1.70. The van der Waals surface area contributed by atoms with Crippen molar-refractivity contribution >= 4 is 0 Å². The van der Waals surface area contributed by atoms with Crippen LogP contribution in [0.2, 0.25) is 0 Å². The van der Waals surface area contributed by atoms with E-state index in [1.54, 1.807) is 6.08 Å². The summed E-state index contributed by atoms with van der Waals surface area (Å²) < 4.78 is 0. The van der Waals surface area contributed by atoms with E-state index in [1.165, 1.54) is 0 Å². The molecule has 0 aliphatic carbocycles. The van der Waals surface area contributed by atoms with Crippen molar-refractivity contribution in [1.82, 2.24) is 0 Å². The molecule has 0 saturated carbocycles. The van der Waals surface area contributed by atoms with Gasteiger partial charge >= 0.3 is 0 Å². The van der Waals surface area contributed by atoms with Crippen LogP contribution in [0.1, 0.15) is 17.9 Å². The maximum absolute atomic E-state index is 9.60. The topological polar surface area (TPSA) is 40.5 Å². The highest BCUT2D eigenvalue weighted by Crippen LogP contribution is 2.23. The van der Waals surface area contributed by atoms with Gasteiger partial charge < -0.3 is 10.2 Å². The van der Waals surface area contributed by atoms with Gasteiger partial charge in [-0.3, -0.25) is 0 Å². The van der Waals surface area contributed by atoms with Crippen LogP contribution in [0.3, 0.4) is 0 Å². The highest BCUT2D eigenvalue weighted by atomic mass is 16.3. The average Bonchev–Trinajstić information content (AvgIpc) is 2.26. The van der Waals surface area contributed by atoms with E-state index in [2.05, 4.69) is 6.58 Å². The van der Waals surface area contributed by atoms with Crippen molar-refractivity contribution in [3.8, 4) is 0 Å². The van der Waals surface area contributed by atoms with E-state index in [9.17, 15) is 5.11 Å².